The highest BCUT2D eigenvalue weighted by Gasteiger charge is 2.32. The minimum absolute atomic E-state index is 0.141. The molecule has 0 bridgehead atoms. The zero-order valence-corrected chi connectivity index (χ0v) is 16.4. The number of nitrogens with zero attached hydrogens (tertiary/aromatic N) is 2. The summed E-state index contributed by atoms with van der Waals surface area (Å²) < 4.78 is 18.5. The van der Waals surface area contributed by atoms with Crippen LogP contribution in [0.4, 0.5) is 15.8 Å². The Labute approximate surface area is 168 Å². The van der Waals surface area contributed by atoms with Crippen LogP contribution in [0.2, 0.25) is 0 Å². The SMILES string of the molecule is CC(OC(=O)C1CC(c2cccc(F)c2)=NO1)C(=O)Nc1ccc(N(C)C)cc1. The number of carbonyl (C=O) groups excluding carboxylic acids is 2. The molecule has 8 heteroatoms. The van der Waals surface area contributed by atoms with Crippen molar-refractivity contribution in [3.63, 3.8) is 0 Å². The lowest BCUT2D eigenvalue weighted by atomic mass is 10.1. The predicted molar refractivity (Wildman–Crippen MR) is 107 cm³/mol. The molecule has 0 saturated carbocycles. The smallest absolute Gasteiger partial charge is 0.351 e. The van der Waals surface area contributed by atoms with Crippen LogP contribution >= 0.6 is 0 Å². The number of ether oxygens (including phenoxy) is 1. The van der Waals surface area contributed by atoms with Crippen LogP contribution in [-0.2, 0) is 19.2 Å². The Morgan fingerprint density at radius 1 is 1.24 bits per heavy atom. The number of amides is 1. The summed E-state index contributed by atoms with van der Waals surface area (Å²) in [5, 5.41) is 6.54. The number of rotatable bonds is 6. The van der Waals surface area contributed by atoms with Crippen LogP contribution < -0.4 is 10.2 Å². The maximum Gasteiger partial charge on any atom is 0.351 e. The van der Waals surface area contributed by atoms with Crippen LogP contribution in [0, 0.1) is 5.82 Å². The van der Waals surface area contributed by atoms with E-state index in [1.165, 1.54) is 19.1 Å². The Hall–Kier alpha value is -3.42. The van der Waals surface area contributed by atoms with Crippen LogP contribution in [0.25, 0.3) is 0 Å². The van der Waals surface area contributed by atoms with Gasteiger partial charge in [-0.1, -0.05) is 17.3 Å². The van der Waals surface area contributed by atoms with Crippen molar-refractivity contribution in [1.29, 1.82) is 0 Å². The summed E-state index contributed by atoms with van der Waals surface area (Å²) in [7, 11) is 3.84. The van der Waals surface area contributed by atoms with Gasteiger partial charge in [-0.15, -0.1) is 0 Å². The number of carbonyl (C=O) groups is 2. The van der Waals surface area contributed by atoms with E-state index in [1.54, 1.807) is 24.3 Å². The standard InChI is InChI=1S/C21H22FN3O4/c1-13(20(26)23-16-7-9-17(10-8-16)25(2)3)28-21(27)19-12-18(24-29-19)14-5-4-6-15(22)11-14/h4-11,13,19H,12H2,1-3H3,(H,23,26). The van der Waals surface area contributed by atoms with Gasteiger partial charge in [-0.2, -0.15) is 0 Å². The highest BCUT2D eigenvalue weighted by atomic mass is 19.1. The molecule has 29 heavy (non-hydrogen) atoms. The van der Waals surface area contributed by atoms with E-state index in [9.17, 15) is 14.0 Å². The Bertz CT molecular complexity index is 928. The van der Waals surface area contributed by atoms with E-state index in [0.29, 0.717) is 17.0 Å². The maximum absolute atomic E-state index is 13.3. The second kappa shape index (κ2) is 8.72. The van der Waals surface area contributed by atoms with Gasteiger partial charge in [0.05, 0.1) is 5.71 Å². The fourth-order valence-electron chi connectivity index (χ4n) is 2.73. The average Bonchev–Trinajstić information content (AvgIpc) is 3.19. The fourth-order valence-corrected chi connectivity index (χ4v) is 2.73. The predicted octanol–water partition coefficient (Wildman–Crippen LogP) is 2.96. The number of halogens is 1. The molecule has 0 aromatic heterocycles. The van der Waals surface area contributed by atoms with Crippen molar-refractivity contribution >= 4 is 29.0 Å². The zero-order chi connectivity index (χ0) is 21.0. The molecule has 0 saturated heterocycles. The molecule has 3 rings (SSSR count). The molecule has 2 aromatic carbocycles. The fraction of sp³-hybridized carbons (Fsp3) is 0.286. The van der Waals surface area contributed by atoms with Crippen molar-refractivity contribution in [1.82, 2.24) is 0 Å². The van der Waals surface area contributed by atoms with E-state index >= 15 is 0 Å². The molecular weight excluding hydrogens is 377 g/mol. The van der Waals surface area contributed by atoms with Crippen molar-refractivity contribution in [2.24, 2.45) is 5.16 Å². The average molecular weight is 399 g/mol. The van der Waals surface area contributed by atoms with E-state index in [2.05, 4.69) is 10.5 Å². The van der Waals surface area contributed by atoms with Crippen LogP contribution in [0.3, 0.4) is 0 Å². The third kappa shape index (κ3) is 5.10. The van der Waals surface area contributed by atoms with Gasteiger partial charge in [-0.25, -0.2) is 9.18 Å². The number of benzene rings is 2. The molecule has 0 aliphatic carbocycles. The van der Waals surface area contributed by atoms with Crippen molar-refractivity contribution in [2.45, 2.75) is 25.6 Å². The van der Waals surface area contributed by atoms with Crippen molar-refractivity contribution in [2.75, 3.05) is 24.3 Å². The lowest BCUT2D eigenvalue weighted by molar-refractivity contribution is -0.163. The first kappa shape index (κ1) is 20.3. The van der Waals surface area contributed by atoms with Crippen molar-refractivity contribution in [3.05, 3.63) is 59.9 Å². The third-order valence-electron chi connectivity index (χ3n) is 4.40. The summed E-state index contributed by atoms with van der Waals surface area (Å²) in [6.45, 7) is 1.48. The van der Waals surface area contributed by atoms with Gasteiger partial charge in [-0.05, 0) is 43.3 Å². The van der Waals surface area contributed by atoms with E-state index in [4.69, 9.17) is 9.57 Å². The first-order valence-electron chi connectivity index (χ1n) is 9.11. The number of oxime groups is 1. The Morgan fingerprint density at radius 2 is 1.97 bits per heavy atom. The normalized spacial score (nSPS) is 16.4. The first-order chi connectivity index (χ1) is 13.8. The van der Waals surface area contributed by atoms with Gasteiger partial charge in [0.1, 0.15) is 5.82 Å². The summed E-state index contributed by atoms with van der Waals surface area (Å²) in [6.07, 6.45) is -1.84. The molecule has 2 atom stereocenters. The molecular formula is C21H22FN3O4. The molecule has 2 unspecified atom stereocenters. The number of anilines is 2. The van der Waals surface area contributed by atoms with E-state index in [1.807, 2.05) is 31.1 Å². The topological polar surface area (TPSA) is 80.2 Å². The molecule has 7 nitrogen and oxygen atoms in total. The van der Waals surface area contributed by atoms with Gasteiger partial charge in [-0.3, -0.25) is 4.79 Å². The molecule has 1 heterocycles. The van der Waals surface area contributed by atoms with E-state index < -0.39 is 29.9 Å². The van der Waals surface area contributed by atoms with Crippen molar-refractivity contribution in [3.8, 4) is 0 Å². The molecule has 1 aliphatic heterocycles. The quantitative estimate of drug-likeness (QED) is 0.756. The summed E-state index contributed by atoms with van der Waals surface area (Å²) >= 11 is 0. The first-order valence-corrected chi connectivity index (χ1v) is 9.11. The van der Waals surface area contributed by atoms with Gasteiger partial charge in [0.2, 0.25) is 6.10 Å². The van der Waals surface area contributed by atoms with Gasteiger partial charge < -0.3 is 19.8 Å². The minimum atomic E-state index is -1.02. The van der Waals surface area contributed by atoms with Gasteiger partial charge in [0.15, 0.2) is 6.10 Å². The summed E-state index contributed by atoms with van der Waals surface area (Å²) in [6, 6.07) is 13.1. The monoisotopic (exact) mass is 399 g/mol. The Kier molecular flexibility index (Phi) is 6.11. The molecule has 152 valence electrons. The highest BCUT2D eigenvalue weighted by molar-refractivity contribution is 6.03. The number of hydrogen-bond acceptors (Lipinski definition) is 6. The van der Waals surface area contributed by atoms with Crippen molar-refractivity contribution < 1.29 is 23.6 Å². The lowest BCUT2D eigenvalue weighted by Crippen LogP contribution is -2.34. The second-order valence-corrected chi connectivity index (χ2v) is 6.86. The summed E-state index contributed by atoms with van der Waals surface area (Å²) in [4.78, 5) is 31.6. The van der Waals surface area contributed by atoms with E-state index in [0.717, 1.165) is 5.69 Å². The second-order valence-electron chi connectivity index (χ2n) is 6.86. The molecule has 1 N–H and O–H groups in total. The van der Waals surface area contributed by atoms with E-state index in [-0.39, 0.29) is 6.42 Å². The molecule has 1 aliphatic rings. The Morgan fingerprint density at radius 3 is 2.62 bits per heavy atom. The lowest BCUT2D eigenvalue weighted by Gasteiger charge is -2.16. The highest BCUT2D eigenvalue weighted by Crippen LogP contribution is 2.20. The summed E-state index contributed by atoms with van der Waals surface area (Å²) in [5.74, 6) is -1.56. The third-order valence-corrected chi connectivity index (χ3v) is 4.40. The Balaban J connectivity index is 1.52. The number of nitrogens with one attached hydrogen (secondary N) is 1. The molecule has 0 spiro atoms. The van der Waals surface area contributed by atoms with Crippen LogP contribution in [0.5, 0.6) is 0 Å². The largest absolute Gasteiger partial charge is 0.450 e. The van der Waals surface area contributed by atoms with Gasteiger partial charge in [0, 0.05) is 37.5 Å². The maximum atomic E-state index is 13.3. The van der Waals surface area contributed by atoms with Gasteiger partial charge in [0.25, 0.3) is 5.91 Å². The summed E-state index contributed by atoms with van der Waals surface area (Å²) in [5.41, 5.74) is 2.57. The number of hydrogen-bond donors (Lipinski definition) is 1. The minimum Gasteiger partial charge on any atom is -0.450 e. The molecule has 2 aromatic rings. The zero-order valence-electron chi connectivity index (χ0n) is 16.4. The van der Waals surface area contributed by atoms with Crippen LogP contribution in [-0.4, -0.2) is 43.9 Å². The molecule has 0 radical (unpaired) electrons. The van der Waals surface area contributed by atoms with Crippen LogP contribution in [0.1, 0.15) is 18.9 Å². The molecule has 1 amide bonds. The number of esters is 1. The van der Waals surface area contributed by atoms with Crippen LogP contribution in [0.15, 0.2) is 53.7 Å². The molecule has 0 fully saturated rings. The van der Waals surface area contributed by atoms with Gasteiger partial charge >= 0.3 is 5.97 Å².